The Kier molecular flexibility index (Phi) is 6.67. The first-order valence-electron chi connectivity index (χ1n) is 9.56. The van der Waals surface area contributed by atoms with Crippen LogP contribution in [-0.2, 0) is 6.42 Å². The molecule has 7 heteroatoms. The van der Waals surface area contributed by atoms with Crippen molar-refractivity contribution in [1.82, 2.24) is 14.8 Å². The van der Waals surface area contributed by atoms with Crippen molar-refractivity contribution in [3.8, 4) is 0 Å². The summed E-state index contributed by atoms with van der Waals surface area (Å²) in [6.07, 6.45) is 2.71. The predicted octanol–water partition coefficient (Wildman–Crippen LogP) is 2.92. The second-order valence-corrected chi connectivity index (χ2v) is 7.18. The number of aromatic nitrogens is 1. The number of hydrogen-bond donors (Lipinski definition) is 0. The van der Waals surface area contributed by atoms with Gasteiger partial charge in [-0.1, -0.05) is 17.7 Å². The molecule has 1 fully saturated rings. The van der Waals surface area contributed by atoms with Gasteiger partial charge in [0, 0.05) is 57.1 Å². The summed E-state index contributed by atoms with van der Waals surface area (Å²) < 4.78 is 5.73. The van der Waals surface area contributed by atoms with Gasteiger partial charge < -0.3 is 9.32 Å². The van der Waals surface area contributed by atoms with Crippen molar-refractivity contribution < 1.29 is 9.21 Å². The molecule has 1 aliphatic rings. The lowest BCUT2D eigenvalue weighted by atomic mass is 10.1. The van der Waals surface area contributed by atoms with Crippen LogP contribution < -0.4 is 5.43 Å². The van der Waals surface area contributed by atoms with E-state index in [1.807, 2.05) is 37.4 Å². The smallest absolute Gasteiger partial charge is 0.289 e. The monoisotopic (exact) mass is 413 g/mol. The summed E-state index contributed by atoms with van der Waals surface area (Å²) in [7, 11) is 0. The standard InChI is InChI=1S/C22H23N3O3.ClH/c1-16-5-6-20-18(14-16)19(26)15-21(28-20)22(27)25-12-10-24(11-13-25)9-7-17-4-2-3-8-23-17;/h2-6,8,14-15H,7,9-13H2,1H3;1H. The molecule has 0 N–H and O–H groups in total. The van der Waals surface area contributed by atoms with E-state index in [1.54, 1.807) is 17.0 Å². The van der Waals surface area contributed by atoms with E-state index in [4.69, 9.17) is 4.42 Å². The molecule has 1 amide bonds. The Labute approximate surface area is 175 Å². The summed E-state index contributed by atoms with van der Waals surface area (Å²) in [5.41, 5.74) is 2.34. The van der Waals surface area contributed by atoms with E-state index >= 15 is 0 Å². The number of rotatable bonds is 4. The summed E-state index contributed by atoms with van der Waals surface area (Å²) in [6, 6.07) is 12.7. The molecule has 1 aliphatic heterocycles. The van der Waals surface area contributed by atoms with Crippen LogP contribution in [0.15, 0.2) is 57.9 Å². The summed E-state index contributed by atoms with van der Waals surface area (Å²) in [6.45, 7) is 5.69. The van der Waals surface area contributed by atoms with Crippen molar-refractivity contribution >= 4 is 29.3 Å². The van der Waals surface area contributed by atoms with Gasteiger partial charge in [0.25, 0.3) is 5.91 Å². The third-order valence-corrected chi connectivity index (χ3v) is 5.16. The van der Waals surface area contributed by atoms with E-state index in [0.29, 0.717) is 24.1 Å². The molecule has 0 spiro atoms. The molecule has 4 rings (SSSR count). The number of hydrogen-bond acceptors (Lipinski definition) is 5. The Balaban J connectivity index is 0.00000240. The first-order valence-corrected chi connectivity index (χ1v) is 9.56. The molecule has 3 heterocycles. The SMILES string of the molecule is Cc1ccc2oc(C(=O)N3CCN(CCc4ccccn4)CC3)cc(=O)c2c1.Cl. The molecule has 2 aromatic heterocycles. The molecular weight excluding hydrogens is 390 g/mol. The maximum atomic E-state index is 12.8. The first-order chi connectivity index (χ1) is 13.6. The van der Waals surface area contributed by atoms with Gasteiger partial charge in [0.15, 0.2) is 11.2 Å². The van der Waals surface area contributed by atoms with Gasteiger partial charge in [-0.2, -0.15) is 0 Å². The van der Waals surface area contributed by atoms with Gasteiger partial charge in [-0.15, -0.1) is 12.4 Å². The van der Waals surface area contributed by atoms with Crippen LogP contribution in [0.5, 0.6) is 0 Å². The van der Waals surface area contributed by atoms with E-state index in [2.05, 4.69) is 9.88 Å². The largest absolute Gasteiger partial charge is 0.451 e. The minimum atomic E-state index is -0.219. The van der Waals surface area contributed by atoms with E-state index in [9.17, 15) is 9.59 Å². The number of aryl methyl sites for hydroxylation is 1. The molecule has 1 aromatic carbocycles. The Morgan fingerprint density at radius 2 is 1.90 bits per heavy atom. The highest BCUT2D eigenvalue weighted by Crippen LogP contribution is 2.16. The molecule has 29 heavy (non-hydrogen) atoms. The maximum absolute atomic E-state index is 12.8. The topological polar surface area (TPSA) is 66.7 Å². The number of pyridine rings is 1. The number of amides is 1. The molecule has 0 saturated carbocycles. The molecule has 0 unspecified atom stereocenters. The number of nitrogens with zero attached hydrogens (tertiary/aromatic N) is 3. The molecule has 3 aromatic rings. The van der Waals surface area contributed by atoms with Crippen LogP contribution in [0.4, 0.5) is 0 Å². The Hall–Kier alpha value is -2.70. The van der Waals surface area contributed by atoms with Crippen molar-refractivity contribution in [3.63, 3.8) is 0 Å². The minimum absolute atomic E-state index is 0. The molecule has 0 atom stereocenters. The van der Waals surface area contributed by atoms with Gasteiger partial charge in [-0.3, -0.25) is 19.5 Å². The van der Waals surface area contributed by atoms with Gasteiger partial charge in [-0.05, 0) is 31.2 Å². The molecule has 0 bridgehead atoms. The third-order valence-electron chi connectivity index (χ3n) is 5.16. The third kappa shape index (κ3) is 4.83. The van der Waals surface area contributed by atoms with Crippen molar-refractivity contribution in [1.29, 1.82) is 0 Å². The van der Waals surface area contributed by atoms with Crippen LogP contribution >= 0.6 is 12.4 Å². The maximum Gasteiger partial charge on any atom is 0.289 e. The Morgan fingerprint density at radius 3 is 2.62 bits per heavy atom. The zero-order valence-electron chi connectivity index (χ0n) is 16.3. The average Bonchev–Trinajstić information content (AvgIpc) is 2.73. The Bertz CT molecular complexity index is 1040. The number of piperazine rings is 1. The quantitative estimate of drug-likeness (QED) is 0.658. The number of fused-ring (bicyclic) bond motifs is 1. The van der Waals surface area contributed by atoms with E-state index in [1.165, 1.54) is 6.07 Å². The predicted molar refractivity (Wildman–Crippen MR) is 115 cm³/mol. The fourth-order valence-corrected chi connectivity index (χ4v) is 3.52. The van der Waals surface area contributed by atoms with E-state index in [-0.39, 0.29) is 29.5 Å². The first kappa shape index (κ1) is 21.0. The highest BCUT2D eigenvalue weighted by atomic mass is 35.5. The summed E-state index contributed by atoms with van der Waals surface area (Å²) >= 11 is 0. The lowest BCUT2D eigenvalue weighted by Gasteiger charge is -2.34. The van der Waals surface area contributed by atoms with Crippen LogP contribution in [0.3, 0.4) is 0 Å². The average molecular weight is 414 g/mol. The van der Waals surface area contributed by atoms with Crippen LogP contribution in [-0.4, -0.2) is 53.4 Å². The van der Waals surface area contributed by atoms with Gasteiger partial charge in [0.2, 0.25) is 0 Å². The highest BCUT2D eigenvalue weighted by molar-refractivity contribution is 5.93. The van der Waals surface area contributed by atoms with Crippen LogP contribution in [0.1, 0.15) is 21.8 Å². The summed E-state index contributed by atoms with van der Waals surface area (Å²) in [5, 5.41) is 0.510. The normalized spacial score (nSPS) is 14.6. The number of carbonyl (C=O) groups excluding carboxylic acids is 1. The zero-order valence-corrected chi connectivity index (χ0v) is 17.2. The zero-order chi connectivity index (χ0) is 19.5. The van der Waals surface area contributed by atoms with Crippen molar-refractivity contribution in [2.75, 3.05) is 32.7 Å². The van der Waals surface area contributed by atoms with Gasteiger partial charge in [0.1, 0.15) is 5.58 Å². The molecular formula is C22H24ClN3O3. The van der Waals surface area contributed by atoms with Crippen molar-refractivity contribution in [2.45, 2.75) is 13.3 Å². The molecule has 0 radical (unpaired) electrons. The number of carbonyl (C=O) groups is 1. The van der Waals surface area contributed by atoms with Gasteiger partial charge in [0.05, 0.1) is 5.39 Å². The van der Waals surface area contributed by atoms with E-state index < -0.39 is 0 Å². The highest BCUT2D eigenvalue weighted by Gasteiger charge is 2.24. The number of benzene rings is 1. The van der Waals surface area contributed by atoms with Crippen molar-refractivity contribution in [3.05, 3.63) is 75.9 Å². The molecule has 1 saturated heterocycles. The summed E-state index contributed by atoms with van der Waals surface area (Å²) in [4.78, 5) is 33.6. The van der Waals surface area contributed by atoms with Crippen LogP contribution in [0.25, 0.3) is 11.0 Å². The van der Waals surface area contributed by atoms with Crippen LogP contribution in [0.2, 0.25) is 0 Å². The second kappa shape index (κ2) is 9.20. The fraction of sp³-hybridized carbons (Fsp3) is 0.318. The molecule has 152 valence electrons. The van der Waals surface area contributed by atoms with E-state index in [0.717, 1.165) is 37.3 Å². The van der Waals surface area contributed by atoms with Crippen molar-refractivity contribution in [2.24, 2.45) is 0 Å². The lowest BCUT2D eigenvalue weighted by molar-refractivity contribution is 0.0608. The molecule has 6 nitrogen and oxygen atoms in total. The minimum Gasteiger partial charge on any atom is -0.451 e. The van der Waals surface area contributed by atoms with Gasteiger partial charge >= 0.3 is 0 Å². The number of halogens is 1. The Morgan fingerprint density at radius 1 is 1.10 bits per heavy atom. The molecule has 0 aliphatic carbocycles. The summed E-state index contributed by atoms with van der Waals surface area (Å²) in [5.74, 6) is -0.104. The van der Waals surface area contributed by atoms with Crippen LogP contribution in [0, 0.1) is 6.92 Å². The lowest BCUT2D eigenvalue weighted by Crippen LogP contribution is -2.49. The van der Waals surface area contributed by atoms with Gasteiger partial charge in [-0.25, -0.2) is 0 Å². The fourth-order valence-electron chi connectivity index (χ4n) is 3.52. The second-order valence-electron chi connectivity index (χ2n) is 7.18.